The molecular weight excluding hydrogens is 1530 g/mol. The molecule has 626 valence electrons. The van der Waals surface area contributed by atoms with Crippen molar-refractivity contribution in [1.29, 1.82) is 0 Å². The normalized spacial score (nSPS) is 17.4. The zero-order valence-electron chi connectivity index (χ0n) is 70.1. The molecule has 3 N–H and O–H groups in total. The Morgan fingerprint density at radius 1 is 0.504 bits per heavy atom. The summed E-state index contributed by atoms with van der Waals surface area (Å²) < 4.78 is 22.4. The first-order chi connectivity index (χ1) is 58.8. The van der Waals surface area contributed by atoms with Crippen LogP contribution in [0.3, 0.4) is 0 Å². The number of carbonyl (C=O) groups excluding carboxylic acids is 1. The molecular formula is C91H106N24O6. The monoisotopic (exact) mass is 1630 g/mol. The van der Waals surface area contributed by atoms with Crippen LogP contribution in [-0.2, 0) is 59.7 Å². The van der Waals surface area contributed by atoms with Gasteiger partial charge in [0.05, 0.1) is 31.9 Å². The number of likely N-dealkylation sites (N-methyl/N-ethyl adjacent to an activating group) is 3. The fourth-order valence-corrected chi connectivity index (χ4v) is 16.9. The summed E-state index contributed by atoms with van der Waals surface area (Å²) in [5.41, 5.74) is 11.0. The molecule has 1 aliphatic carbocycles. The molecule has 19 rings (SSSR count). The number of carbonyl (C=O) groups is 1. The van der Waals surface area contributed by atoms with E-state index in [1.807, 2.05) is 103 Å². The van der Waals surface area contributed by atoms with Crippen LogP contribution in [0.25, 0.3) is 50.6 Å². The molecule has 7 aliphatic rings. The maximum absolute atomic E-state index is 13.6. The van der Waals surface area contributed by atoms with Gasteiger partial charge in [-0.15, -0.1) is 0 Å². The summed E-state index contributed by atoms with van der Waals surface area (Å²) in [6.07, 6.45) is 28.1. The number of aromatic nitrogens is 15. The quantitative estimate of drug-likeness (QED) is 0.107. The summed E-state index contributed by atoms with van der Waals surface area (Å²) >= 11 is 0. The number of benzene rings is 3. The molecule has 2 fully saturated rings. The minimum absolute atomic E-state index is 0.0673. The number of ether oxygens (including phenoxy) is 2. The Morgan fingerprint density at radius 3 is 1.64 bits per heavy atom. The molecule has 30 heteroatoms. The van der Waals surface area contributed by atoms with Gasteiger partial charge in [-0.05, 0) is 214 Å². The Labute approximate surface area is 702 Å². The molecule has 1 amide bonds. The number of amides is 1. The largest absolute Gasteiger partial charge is 0.478 e. The van der Waals surface area contributed by atoms with Gasteiger partial charge in [0.1, 0.15) is 27.6 Å². The summed E-state index contributed by atoms with van der Waals surface area (Å²) in [4.78, 5) is 109. The van der Waals surface area contributed by atoms with Gasteiger partial charge in [0, 0.05) is 138 Å². The Kier molecular flexibility index (Phi) is 23.8. The fourth-order valence-electron chi connectivity index (χ4n) is 16.9. The van der Waals surface area contributed by atoms with Crippen molar-refractivity contribution in [2.45, 2.75) is 135 Å². The number of pyridine rings is 3. The molecule has 30 nitrogen and oxygen atoms in total. The van der Waals surface area contributed by atoms with Crippen LogP contribution in [0.1, 0.15) is 113 Å². The van der Waals surface area contributed by atoms with Gasteiger partial charge < -0.3 is 45.0 Å². The predicted octanol–water partition coefficient (Wildman–Crippen LogP) is 12.1. The number of hydrogen-bond donors (Lipinski definition) is 3. The minimum Gasteiger partial charge on any atom is -0.478 e. The maximum atomic E-state index is 13.6. The van der Waals surface area contributed by atoms with Crippen LogP contribution in [0.2, 0.25) is 0 Å². The molecule has 6 aliphatic heterocycles. The Bertz CT molecular complexity index is 6080. The van der Waals surface area contributed by atoms with Gasteiger partial charge >= 0.3 is 0 Å². The van der Waals surface area contributed by atoms with Crippen molar-refractivity contribution in [2.75, 3.05) is 126 Å². The summed E-state index contributed by atoms with van der Waals surface area (Å²) in [7, 11) is 8.57. The molecule has 1 spiro atoms. The van der Waals surface area contributed by atoms with Gasteiger partial charge in [-0.1, -0.05) is 66.8 Å². The summed E-state index contributed by atoms with van der Waals surface area (Å²) in [5.74, 6) is 3.97. The van der Waals surface area contributed by atoms with E-state index in [9.17, 15) is 19.2 Å². The molecule has 1 saturated heterocycles. The Hall–Kier alpha value is -12.4. The summed E-state index contributed by atoms with van der Waals surface area (Å²) in [6, 6.07) is 38.3. The average Bonchev–Trinajstić information content (AvgIpc) is 1.58. The van der Waals surface area contributed by atoms with Gasteiger partial charge in [0.25, 0.3) is 16.7 Å². The number of piperazine rings is 1. The van der Waals surface area contributed by atoms with Gasteiger partial charge in [0.15, 0.2) is 34.4 Å². The van der Waals surface area contributed by atoms with Crippen LogP contribution in [0.4, 0.5) is 46.4 Å². The maximum Gasteiger partial charge on any atom is 0.278 e. The van der Waals surface area contributed by atoms with Crippen molar-refractivity contribution < 1.29 is 14.3 Å². The number of anilines is 8. The van der Waals surface area contributed by atoms with Gasteiger partial charge in [-0.25, -0.2) is 53.0 Å². The standard InChI is InChI=1S/C31H35N7O2.C30H35N9O2.C30H36N8O2/c1-30(2)25-9-8-10-26(34-25)38-27-23(28(39)37(38)15-6-4-5-7-16-40-30)18-32-29(35-27)33-22-11-12-24-21(17-22)19-36(3)20-31(24)13-14-31;1-22(40)37-15-6-4-3-5-7-16-38-29(41)25-21-31-30(34-28(25)39(38)27-10-8-9-26(37)33-27)32-23-11-13-24(14-12-23)36-19-17-35(2)18-20-36;1-35(2)16-17-36-15-13-22-11-12-24(19-23(22)21-36)32-30-31-20-25-28(34-30)38-26-9-8-10-27(33-26)40-18-7-5-3-4-6-14-37(38)29(25)39/h4,6,8-12,17-18H,5,7,13-16,19-20H2,1-3H3,(H,32,33,35);5,7-14,21H,3-4,6,15-20H2,1-2H3,(H,31,32,34);4,6,8-12,19-20H,3,5,7,13-18,21H2,1-2H3,(H,31,32,34). The molecule has 15 heterocycles. The fraction of sp³-hybridized carbons (Fsp3) is 0.396. The zero-order chi connectivity index (χ0) is 83.3. The predicted molar refractivity (Wildman–Crippen MR) is 473 cm³/mol. The third-order valence-corrected chi connectivity index (χ3v) is 23.7. The summed E-state index contributed by atoms with van der Waals surface area (Å²) in [6.45, 7) is 18.9. The SMILES string of the molecule is CC(=O)N1CCCCC=CCn2c(=O)c3cnc(Nc4ccc(N5CCN(C)CC5)cc4)nc3n2-c2cccc1n2.CN(C)CCN1CCc2ccc(Nc3ncc4c(=O)n5n(c4n3)-c3cccc(n3)OCCCCC=CC5)cc2C1.CN1Cc2cc(Nc3ncc4c(=O)n5n(c4n3)-c3cccc(n3)C(C)(C)OCCCC=CC5)ccc2C2(CC2)C1. The van der Waals surface area contributed by atoms with E-state index < -0.39 is 5.60 Å². The van der Waals surface area contributed by atoms with Crippen LogP contribution < -0.4 is 47.2 Å². The molecule has 0 atom stereocenters. The summed E-state index contributed by atoms with van der Waals surface area (Å²) in [5, 5.41) is 11.4. The van der Waals surface area contributed by atoms with E-state index in [0.29, 0.717) is 125 Å². The lowest BCUT2D eigenvalue weighted by molar-refractivity contribution is -0.116. The molecule has 0 radical (unpaired) electrons. The highest BCUT2D eigenvalue weighted by atomic mass is 16.5. The van der Waals surface area contributed by atoms with Crippen molar-refractivity contribution in [3.8, 4) is 23.3 Å². The topological polar surface area (TPSA) is 288 Å². The van der Waals surface area contributed by atoms with Gasteiger partial charge in [-0.2, -0.15) is 19.9 Å². The molecule has 12 aromatic rings. The lowest BCUT2D eigenvalue weighted by Crippen LogP contribution is -2.44. The lowest BCUT2D eigenvalue weighted by Gasteiger charge is -2.34. The second kappa shape index (κ2) is 35.5. The second-order valence-electron chi connectivity index (χ2n) is 33.2. The highest BCUT2D eigenvalue weighted by molar-refractivity contribution is 5.90. The molecule has 3 aromatic carbocycles. The molecule has 121 heavy (non-hydrogen) atoms. The lowest BCUT2D eigenvalue weighted by atomic mass is 9.87. The molecule has 1 saturated carbocycles. The van der Waals surface area contributed by atoms with E-state index in [1.54, 1.807) is 53.8 Å². The molecule has 0 unspecified atom stereocenters. The number of allylic oxidation sites excluding steroid dienone is 6. The highest BCUT2D eigenvalue weighted by Crippen LogP contribution is 2.52. The van der Waals surface area contributed by atoms with Crippen LogP contribution >= 0.6 is 0 Å². The number of rotatable bonds is 10. The number of fused-ring (bicyclic) bond motifs is 21. The van der Waals surface area contributed by atoms with E-state index in [-0.39, 0.29) is 22.6 Å². The number of hydrogen-bond acceptors (Lipinski definition) is 23. The Morgan fingerprint density at radius 2 is 1.04 bits per heavy atom. The van der Waals surface area contributed by atoms with E-state index in [4.69, 9.17) is 39.4 Å². The van der Waals surface area contributed by atoms with Crippen molar-refractivity contribution in [3.05, 3.63) is 229 Å². The van der Waals surface area contributed by atoms with E-state index in [1.165, 1.54) is 40.8 Å². The van der Waals surface area contributed by atoms with Crippen molar-refractivity contribution in [1.82, 2.24) is 92.5 Å². The van der Waals surface area contributed by atoms with E-state index in [2.05, 4.69) is 150 Å². The number of nitrogens with one attached hydrogen (secondary N) is 3. The third kappa shape index (κ3) is 18.0. The zero-order valence-corrected chi connectivity index (χ0v) is 70.1. The van der Waals surface area contributed by atoms with Gasteiger partial charge in [-0.3, -0.25) is 29.0 Å². The molecule has 6 bridgehead atoms. The first kappa shape index (κ1) is 81.0. The van der Waals surface area contributed by atoms with Crippen LogP contribution in [0.15, 0.2) is 185 Å². The van der Waals surface area contributed by atoms with Gasteiger partial charge in [0.2, 0.25) is 29.6 Å². The van der Waals surface area contributed by atoms with Crippen LogP contribution in [0.5, 0.6) is 5.88 Å². The Balaban J connectivity index is 0.000000129. The highest BCUT2D eigenvalue weighted by Gasteiger charge is 2.48. The first-order valence-corrected chi connectivity index (χ1v) is 42.4. The van der Waals surface area contributed by atoms with Crippen molar-refractivity contribution in [3.63, 3.8) is 0 Å². The minimum atomic E-state index is -0.566. The van der Waals surface area contributed by atoms with E-state index >= 15 is 0 Å². The van der Waals surface area contributed by atoms with E-state index in [0.717, 1.165) is 146 Å². The third-order valence-electron chi connectivity index (χ3n) is 23.7. The second-order valence-corrected chi connectivity index (χ2v) is 33.2. The van der Waals surface area contributed by atoms with Crippen LogP contribution in [-0.4, -0.2) is 199 Å². The smallest absolute Gasteiger partial charge is 0.278 e. The molecule has 9 aromatic heterocycles. The first-order valence-electron chi connectivity index (χ1n) is 42.4. The average molecular weight is 1630 g/mol. The van der Waals surface area contributed by atoms with Crippen LogP contribution in [0, 0.1) is 0 Å². The van der Waals surface area contributed by atoms with Crippen molar-refractivity contribution >= 4 is 85.4 Å². The van der Waals surface area contributed by atoms with Crippen molar-refractivity contribution in [2.24, 2.45) is 0 Å². The number of nitrogens with zero attached hydrogens (tertiary/aromatic N) is 21.